The number of rotatable bonds is 4. The van der Waals surface area contributed by atoms with Crippen LogP contribution in [0.15, 0.2) is 28.0 Å². The molecule has 0 saturated carbocycles. The second kappa shape index (κ2) is 6.52. The highest BCUT2D eigenvalue weighted by Crippen LogP contribution is 2.23. The van der Waals surface area contributed by atoms with Crippen LogP contribution in [0, 0.1) is 0 Å². The van der Waals surface area contributed by atoms with E-state index >= 15 is 0 Å². The maximum absolute atomic E-state index is 11.5. The summed E-state index contributed by atoms with van der Waals surface area (Å²) in [6, 6.07) is 5.30. The molecule has 0 fully saturated rings. The molecule has 2 aromatic heterocycles. The highest BCUT2D eigenvalue weighted by molar-refractivity contribution is 7.14. The molecule has 0 aliphatic rings. The van der Waals surface area contributed by atoms with Crippen LogP contribution in [0.1, 0.15) is 25.4 Å². The average molecular weight is 348 g/mol. The number of hydrogen-bond acceptors (Lipinski definition) is 5. The molecule has 1 amide bonds. The molecule has 0 unspecified atom stereocenters. The average Bonchev–Trinajstić information content (AvgIpc) is 3.11. The lowest BCUT2D eigenvalue weighted by Crippen LogP contribution is -2.27. The minimum absolute atomic E-state index is 0.0202. The van der Waals surface area contributed by atoms with Crippen LogP contribution in [0.5, 0.6) is 0 Å². The fraction of sp³-hybridized carbons (Fsp3) is 0.188. The summed E-state index contributed by atoms with van der Waals surface area (Å²) in [6.07, 6.45) is 3.55. The highest BCUT2D eigenvalue weighted by atomic mass is 35.5. The summed E-state index contributed by atoms with van der Waals surface area (Å²) < 4.78 is 5.61. The number of carbonyl (C=O) groups is 1. The monoisotopic (exact) mass is 347 g/mol. The summed E-state index contributed by atoms with van der Waals surface area (Å²) in [5.41, 5.74) is 2.15. The van der Waals surface area contributed by atoms with E-state index in [1.807, 2.05) is 12.3 Å². The number of carbonyl (C=O) groups excluding carboxylic acids is 1. The van der Waals surface area contributed by atoms with Crippen LogP contribution in [-0.2, 0) is 4.79 Å². The first-order valence-electron chi connectivity index (χ1n) is 7.04. The topological polar surface area (TPSA) is 59.2 Å². The second-order valence-electron chi connectivity index (χ2n) is 4.82. The van der Waals surface area contributed by atoms with Gasteiger partial charge in [-0.05, 0) is 31.2 Å². The van der Waals surface area contributed by atoms with Gasteiger partial charge in [0.05, 0.1) is 5.69 Å². The quantitative estimate of drug-likeness (QED) is 0.698. The van der Waals surface area contributed by atoms with E-state index < -0.39 is 0 Å². The number of aromatic nitrogens is 2. The van der Waals surface area contributed by atoms with Crippen LogP contribution >= 0.6 is 22.9 Å². The number of nitrogens with zero attached hydrogens (tertiary/aromatic N) is 3. The first-order valence-corrected chi connectivity index (χ1v) is 8.30. The first kappa shape index (κ1) is 15.7. The Bertz CT molecular complexity index is 884. The third-order valence-corrected chi connectivity index (χ3v) is 4.32. The van der Waals surface area contributed by atoms with Crippen LogP contribution in [-0.4, -0.2) is 22.4 Å². The number of hydrogen-bond donors (Lipinski definition) is 0. The van der Waals surface area contributed by atoms with Crippen molar-refractivity contribution in [1.82, 2.24) is 9.97 Å². The standard InChI is InChI=1S/C16H14ClN3O2S/c1-3-20(10(2)21)16-18-12(9-23-16)5-7-15-19-13-8-11(17)4-6-14(13)22-15/h4-9H,3H2,1-2H3. The number of oxazole rings is 1. The Hall–Kier alpha value is -2.18. The molecular formula is C16H14ClN3O2S. The van der Waals surface area contributed by atoms with E-state index in [-0.39, 0.29) is 5.91 Å². The normalized spacial score (nSPS) is 11.4. The number of benzene rings is 1. The van der Waals surface area contributed by atoms with Gasteiger partial charge in [0.15, 0.2) is 10.7 Å². The highest BCUT2D eigenvalue weighted by Gasteiger charge is 2.12. The number of fused-ring (bicyclic) bond motifs is 1. The van der Waals surface area contributed by atoms with Gasteiger partial charge in [-0.1, -0.05) is 11.6 Å². The third kappa shape index (κ3) is 3.43. The van der Waals surface area contributed by atoms with Crippen molar-refractivity contribution in [2.75, 3.05) is 11.4 Å². The van der Waals surface area contributed by atoms with E-state index in [0.717, 1.165) is 5.69 Å². The molecule has 5 nitrogen and oxygen atoms in total. The van der Waals surface area contributed by atoms with Crippen LogP contribution in [0.4, 0.5) is 5.13 Å². The molecule has 0 radical (unpaired) electrons. The lowest BCUT2D eigenvalue weighted by atomic mass is 10.3. The van der Waals surface area contributed by atoms with E-state index in [4.69, 9.17) is 16.0 Å². The van der Waals surface area contributed by atoms with Gasteiger partial charge in [-0.25, -0.2) is 9.97 Å². The zero-order valence-corrected chi connectivity index (χ0v) is 14.2. The van der Waals surface area contributed by atoms with Gasteiger partial charge in [-0.2, -0.15) is 0 Å². The number of thiazole rings is 1. The van der Waals surface area contributed by atoms with Crippen LogP contribution in [0.2, 0.25) is 5.02 Å². The molecule has 0 atom stereocenters. The molecule has 3 rings (SSSR count). The van der Waals surface area contributed by atoms with Crippen LogP contribution in [0.3, 0.4) is 0 Å². The van der Waals surface area contributed by atoms with Crippen molar-refractivity contribution in [3.8, 4) is 0 Å². The zero-order valence-electron chi connectivity index (χ0n) is 12.6. The van der Waals surface area contributed by atoms with Gasteiger partial charge in [-0.15, -0.1) is 11.3 Å². The molecule has 1 aromatic carbocycles. The SMILES string of the molecule is CCN(C(C)=O)c1nc(C=Cc2nc3cc(Cl)ccc3o2)cs1. The Balaban J connectivity index is 1.81. The van der Waals surface area contributed by atoms with Crippen LogP contribution in [0.25, 0.3) is 23.3 Å². The number of amides is 1. The first-order chi connectivity index (χ1) is 11.1. The molecule has 2 heterocycles. The predicted octanol–water partition coefficient (Wildman–Crippen LogP) is 4.48. The fourth-order valence-electron chi connectivity index (χ4n) is 2.12. The Kier molecular flexibility index (Phi) is 4.45. The maximum Gasteiger partial charge on any atom is 0.225 e. The van der Waals surface area contributed by atoms with Gasteiger partial charge < -0.3 is 4.42 Å². The largest absolute Gasteiger partial charge is 0.437 e. The summed E-state index contributed by atoms with van der Waals surface area (Å²) in [7, 11) is 0. The van der Waals surface area contributed by atoms with Gasteiger partial charge in [0, 0.05) is 29.9 Å². The Morgan fingerprint density at radius 3 is 2.96 bits per heavy atom. The second-order valence-corrected chi connectivity index (χ2v) is 6.09. The minimum atomic E-state index is -0.0202. The summed E-state index contributed by atoms with van der Waals surface area (Å²) in [4.78, 5) is 21.9. The molecule has 0 bridgehead atoms. The molecule has 0 spiro atoms. The van der Waals surface area contributed by atoms with Crippen molar-refractivity contribution in [2.45, 2.75) is 13.8 Å². The summed E-state index contributed by atoms with van der Waals surface area (Å²) in [5.74, 6) is 0.462. The summed E-state index contributed by atoms with van der Waals surface area (Å²) in [5, 5.41) is 3.19. The number of anilines is 1. The van der Waals surface area contributed by atoms with E-state index in [9.17, 15) is 4.79 Å². The molecule has 118 valence electrons. The smallest absolute Gasteiger partial charge is 0.225 e. The van der Waals surface area contributed by atoms with Crippen molar-refractivity contribution in [2.24, 2.45) is 0 Å². The van der Waals surface area contributed by atoms with E-state index in [1.165, 1.54) is 18.3 Å². The summed E-state index contributed by atoms with van der Waals surface area (Å²) in [6.45, 7) is 4.05. The van der Waals surface area contributed by atoms with Crippen molar-refractivity contribution >= 4 is 57.2 Å². The third-order valence-electron chi connectivity index (χ3n) is 3.20. The van der Waals surface area contributed by atoms with E-state index in [2.05, 4.69) is 9.97 Å². The molecule has 0 saturated heterocycles. The van der Waals surface area contributed by atoms with Crippen molar-refractivity contribution < 1.29 is 9.21 Å². The molecule has 7 heteroatoms. The molecule has 0 N–H and O–H groups in total. The van der Waals surface area contributed by atoms with Crippen LogP contribution < -0.4 is 4.90 Å². The van der Waals surface area contributed by atoms with Gasteiger partial charge >= 0.3 is 0 Å². The fourth-order valence-corrected chi connectivity index (χ4v) is 3.18. The molecule has 0 aliphatic heterocycles. The summed E-state index contributed by atoms with van der Waals surface area (Å²) >= 11 is 7.36. The van der Waals surface area contributed by atoms with E-state index in [0.29, 0.717) is 33.7 Å². The van der Waals surface area contributed by atoms with Gasteiger partial charge in [-0.3, -0.25) is 9.69 Å². The molecule has 0 aliphatic carbocycles. The van der Waals surface area contributed by atoms with Crippen molar-refractivity contribution in [3.63, 3.8) is 0 Å². The minimum Gasteiger partial charge on any atom is -0.437 e. The van der Waals surface area contributed by atoms with Crippen molar-refractivity contribution in [1.29, 1.82) is 0 Å². The Labute approximate surface area is 142 Å². The predicted molar refractivity (Wildman–Crippen MR) is 93.8 cm³/mol. The van der Waals surface area contributed by atoms with E-state index in [1.54, 1.807) is 35.3 Å². The lowest BCUT2D eigenvalue weighted by molar-refractivity contribution is -0.116. The van der Waals surface area contributed by atoms with Gasteiger partial charge in [0.1, 0.15) is 5.52 Å². The molecule has 3 aromatic rings. The maximum atomic E-state index is 11.5. The molecular weight excluding hydrogens is 334 g/mol. The lowest BCUT2D eigenvalue weighted by Gasteiger charge is -2.14. The Morgan fingerprint density at radius 1 is 1.39 bits per heavy atom. The molecule has 23 heavy (non-hydrogen) atoms. The Morgan fingerprint density at radius 2 is 2.22 bits per heavy atom. The van der Waals surface area contributed by atoms with Gasteiger partial charge in [0.25, 0.3) is 0 Å². The van der Waals surface area contributed by atoms with Gasteiger partial charge in [0.2, 0.25) is 11.8 Å². The zero-order chi connectivity index (χ0) is 16.4. The number of halogens is 1. The van der Waals surface area contributed by atoms with Crippen molar-refractivity contribution in [3.05, 3.63) is 40.2 Å².